The first-order valence-corrected chi connectivity index (χ1v) is 5.16. The van der Waals surface area contributed by atoms with Gasteiger partial charge in [0.2, 0.25) is 0 Å². The Labute approximate surface area is 95.4 Å². The van der Waals surface area contributed by atoms with Crippen molar-refractivity contribution in [3.05, 3.63) is 42.0 Å². The fraction of sp³-hybridized carbons (Fsp3) is 0.308. The van der Waals surface area contributed by atoms with E-state index in [1.54, 1.807) is 18.2 Å². The van der Waals surface area contributed by atoms with Crippen LogP contribution in [0.5, 0.6) is 5.75 Å². The molecule has 0 bridgehead atoms. The van der Waals surface area contributed by atoms with Crippen LogP contribution >= 0.6 is 0 Å². The van der Waals surface area contributed by atoms with Crippen molar-refractivity contribution in [1.29, 1.82) is 0 Å². The topological polar surface area (TPSA) is 46.5 Å². The highest BCUT2D eigenvalue weighted by Crippen LogP contribution is 2.21. The van der Waals surface area contributed by atoms with Gasteiger partial charge < -0.3 is 9.84 Å². The second-order valence-corrected chi connectivity index (χ2v) is 3.76. The molecule has 0 fully saturated rings. The Morgan fingerprint density at radius 3 is 2.88 bits per heavy atom. The molecule has 0 aromatic heterocycles. The summed E-state index contributed by atoms with van der Waals surface area (Å²) >= 11 is 0. The van der Waals surface area contributed by atoms with Gasteiger partial charge in [0.05, 0.1) is 6.10 Å². The second kappa shape index (κ2) is 5.35. The summed E-state index contributed by atoms with van der Waals surface area (Å²) in [4.78, 5) is 11.0. The summed E-state index contributed by atoms with van der Waals surface area (Å²) in [5.41, 5.74) is 1.11. The molecule has 0 radical (unpaired) electrons. The molecule has 3 heteroatoms. The zero-order valence-electron chi connectivity index (χ0n) is 9.56. The minimum Gasteiger partial charge on any atom is -0.489 e. The maximum Gasteiger partial charge on any atom is 0.339 e. The van der Waals surface area contributed by atoms with E-state index in [2.05, 4.69) is 6.58 Å². The Bertz CT molecular complexity index is 396. The van der Waals surface area contributed by atoms with Crippen LogP contribution in [0, 0.1) is 6.92 Å². The van der Waals surface area contributed by atoms with Gasteiger partial charge in [-0.1, -0.05) is 17.7 Å². The van der Waals surface area contributed by atoms with E-state index in [1.165, 1.54) is 0 Å². The highest BCUT2D eigenvalue weighted by Gasteiger charge is 2.13. The van der Waals surface area contributed by atoms with Crippen LogP contribution in [-0.4, -0.2) is 17.2 Å². The zero-order chi connectivity index (χ0) is 12.1. The molecule has 1 aromatic carbocycles. The summed E-state index contributed by atoms with van der Waals surface area (Å²) in [6.07, 6.45) is 2.37. The van der Waals surface area contributed by atoms with Gasteiger partial charge >= 0.3 is 5.97 Å². The SMILES string of the molecule is C=CCC(C)Oc1ccc(C)cc1C(=O)O. The van der Waals surface area contributed by atoms with Crippen molar-refractivity contribution < 1.29 is 14.6 Å². The maximum absolute atomic E-state index is 11.0. The highest BCUT2D eigenvalue weighted by molar-refractivity contribution is 5.91. The van der Waals surface area contributed by atoms with E-state index in [9.17, 15) is 4.79 Å². The lowest BCUT2D eigenvalue weighted by Gasteiger charge is -2.15. The largest absolute Gasteiger partial charge is 0.489 e. The zero-order valence-corrected chi connectivity index (χ0v) is 9.56. The third kappa shape index (κ3) is 3.12. The van der Waals surface area contributed by atoms with Crippen LogP contribution < -0.4 is 4.74 Å². The number of hydrogen-bond donors (Lipinski definition) is 1. The molecule has 0 saturated heterocycles. The Morgan fingerprint density at radius 1 is 1.62 bits per heavy atom. The Balaban J connectivity index is 2.94. The first-order valence-electron chi connectivity index (χ1n) is 5.16. The van der Waals surface area contributed by atoms with E-state index in [-0.39, 0.29) is 11.7 Å². The molecule has 0 saturated carbocycles. The molecular formula is C13H16O3. The lowest BCUT2D eigenvalue weighted by atomic mass is 10.1. The molecule has 0 amide bonds. The number of benzene rings is 1. The fourth-order valence-electron chi connectivity index (χ4n) is 1.41. The summed E-state index contributed by atoms with van der Waals surface area (Å²) < 4.78 is 5.55. The molecule has 0 aliphatic rings. The molecular weight excluding hydrogens is 204 g/mol. The summed E-state index contributed by atoms with van der Waals surface area (Å²) in [6, 6.07) is 5.14. The Hall–Kier alpha value is -1.77. The van der Waals surface area contributed by atoms with Gasteiger partial charge in [0.15, 0.2) is 0 Å². The third-order valence-electron chi connectivity index (χ3n) is 2.19. The summed E-state index contributed by atoms with van der Waals surface area (Å²) in [5, 5.41) is 9.03. The second-order valence-electron chi connectivity index (χ2n) is 3.76. The number of aryl methyl sites for hydroxylation is 1. The summed E-state index contributed by atoms with van der Waals surface area (Å²) in [5.74, 6) is -0.558. The van der Waals surface area contributed by atoms with Crippen molar-refractivity contribution in [2.24, 2.45) is 0 Å². The van der Waals surface area contributed by atoms with Crippen LogP contribution in [0.1, 0.15) is 29.3 Å². The molecule has 1 atom stereocenters. The van der Waals surface area contributed by atoms with Crippen molar-refractivity contribution >= 4 is 5.97 Å². The first kappa shape index (κ1) is 12.3. The number of carbonyl (C=O) groups is 1. The van der Waals surface area contributed by atoms with Crippen molar-refractivity contribution in [3.8, 4) is 5.75 Å². The summed E-state index contributed by atoms with van der Waals surface area (Å²) in [6.45, 7) is 7.35. The van der Waals surface area contributed by atoms with Gasteiger partial charge in [-0.2, -0.15) is 0 Å². The average Bonchev–Trinajstić information content (AvgIpc) is 2.20. The Morgan fingerprint density at radius 2 is 2.31 bits per heavy atom. The van der Waals surface area contributed by atoms with E-state index in [1.807, 2.05) is 19.9 Å². The lowest BCUT2D eigenvalue weighted by molar-refractivity contribution is 0.0690. The highest BCUT2D eigenvalue weighted by atomic mass is 16.5. The number of ether oxygens (including phenoxy) is 1. The van der Waals surface area contributed by atoms with Crippen LogP contribution in [0.25, 0.3) is 0 Å². The number of carboxylic acid groups (broad SMARTS) is 1. The quantitative estimate of drug-likeness (QED) is 0.776. The van der Waals surface area contributed by atoms with Crippen LogP contribution in [0.15, 0.2) is 30.9 Å². The lowest BCUT2D eigenvalue weighted by Crippen LogP contribution is -2.13. The van der Waals surface area contributed by atoms with E-state index >= 15 is 0 Å². The fourth-order valence-corrected chi connectivity index (χ4v) is 1.41. The van der Waals surface area contributed by atoms with Crippen molar-refractivity contribution in [2.75, 3.05) is 0 Å². The number of hydrogen-bond acceptors (Lipinski definition) is 2. The predicted octanol–water partition coefficient (Wildman–Crippen LogP) is 3.04. The van der Waals surface area contributed by atoms with Gasteiger partial charge in [-0.25, -0.2) is 4.79 Å². The molecule has 1 unspecified atom stereocenters. The van der Waals surface area contributed by atoms with Crippen molar-refractivity contribution in [3.63, 3.8) is 0 Å². The van der Waals surface area contributed by atoms with E-state index in [4.69, 9.17) is 9.84 Å². The summed E-state index contributed by atoms with van der Waals surface area (Å²) in [7, 11) is 0. The van der Waals surface area contributed by atoms with Crippen LogP contribution in [0.4, 0.5) is 0 Å². The minimum absolute atomic E-state index is 0.0710. The van der Waals surface area contributed by atoms with Gasteiger partial charge in [0, 0.05) is 6.42 Å². The van der Waals surface area contributed by atoms with Gasteiger partial charge in [-0.3, -0.25) is 0 Å². The molecule has 1 N–H and O–H groups in total. The predicted molar refractivity (Wildman–Crippen MR) is 63.0 cm³/mol. The monoisotopic (exact) mass is 220 g/mol. The molecule has 1 aromatic rings. The van der Waals surface area contributed by atoms with Gasteiger partial charge in [0.25, 0.3) is 0 Å². The molecule has 86 valence electrons. The standard InChI is InChI=1S/C13H16O3/c1-4-5-10(3)16-12-7-6-9(2)8-11(12)13(14)15/h4,6-8,10H,1,5H2,2-3H3,(H,14,15). The van der Waals surface area contributed by atoms with E-state index in [0.717, 1.165) is 5.56 Å². The molecule has 0 spiro atoms. The minimum atomic E-state index is -0.968. The molecule has 16 heavy (non-hydrogen) atoms. The smallest absolute Gasteiger partial charge is 0.339 e. The van der Waals surface area contributed by atoms with E-state index < -0.39 is 5.97 Å². The number of carboxylic acids is 1. The first-order chi connectivity index (χ1) is 7.54. The van der Waals surface area contributed by atoms with Crippen molar-refractivity contribution in [1.82, 2.24) is 0 Å². The van der Waals surface area contributed by atoms with Gasteiger partial charge in [-0.05, 0) is 26.0 Å². The molecule has 0 aliphatic heterocycles. The maximum atomic E-state index is 11.0. The third-order valence-corrected chi connectivity index (χ3v) is 2.19. The Kier molecular flexibility index (Phi) is 4.11. The molecule has 0 aliphatic carbocycles. The normalized spacial score (nSPS) is 11.9. The van der Waals surface area contributed by atoms with E-state index in [0.29, 0.717) is 12.2 Å². The van der Waals surface area contributed by atoms with Crippen LogP contribution in [0.3, 0.4) is 0 Å². The van der Waals surface area contributed by atoms with Crippen LogP contribution in [0.2, 0.25) is 0 Å². The molecule has 1 rings (SSSR count). The van der Waals surface area contributed by atoms with Crippen molar-refractivity contribution in [2.45, 2.75) is 26.4 Å². The number of aromatic carboxylic acids is 1. The number of rotatable bonds is 5. The molecule has 0 heterocycles. The molecule has 3 nitrogen and oxygen atoms in total. The van der Waals surface area contributed by atoms with Gasteiger partial charge in [0.1, 0.15) is 11.3 Å². The van der Waals surface area contributed by atoms with Crippen LogP contribution in [-0.2, 0) is 0 Å². The van der Waals surface area contributed by atoms with Gasteiger partial charge in [-0.15, -0.1) is 6.58 Å². The average molecular weight is 220 g/mol.